The van der Waals surface area contributed by atoms with Crippen LogP contribution in [0.2, 0.25) is 0 Å². The van der Waals surface area contributed by atoms with Crippen molar-refractivity contribution in [2.24, 2.45) is 0 Å². The molecule has 36 heavy (non-hydrogen) atoms. The number of hydrogen-bond acceptors (Lipinski definition) is 6. The van der Waals surface area contributed by atoms with Gasteiger partial charge in [-0.1, -0.05) is 56.7 Å². The molecular formula is C29H36N2O5. The highest BCUT2D eigenvalue weighted by Crippen LogP contribution is 2.41. The molecule has 0 spiro atoms. The Morgan fingerprint density at radius 3 is 2.33 bits per heavy atom. The number of ether oxygens (including phenoxy) is 1. The molecule has 0 unspecified atom stereocenters. The van der Waals surface area contributed by atoms with E-state index in [0.717, 1.165) is 36.3 Å². The molecule has 0 saturated carbocycles. The van der Waals surface area contributed by atoms with Crippen molar-refractivity contribution >= 4 is 17.4 Å². The quantitative estimate of drug-likeness (QED) is 0.358. The van der Waals surface area contributed by atoms with Crippen LogP contribution in [0.4, 0.5) is 0 Å². The normalized spacial score (nSPS) is 20.8. The van der Waals surface area contributed by atoms with Crippen LogP contribution in [0.1, 0.15) is 55.5 Å². The Hall–Kier alpha value is -3.16. The fourth-order valence-electron chi connectivity index (χ4n) is 4.90. The predicted octanol–water partition coefficient (Wildman–Crippen LogP) is 4.14. The van der Waals surface area contributed by atoms with Gasteiger partial charge in [-0.25, -0.2) is 0 Å². The molecular weight excluding hydrogens is 456 g/mol. The molecule has 2 aliphatic rings. The average Bonchev–Trinajstić information content (AvgIpc) is 3.10. The number of amides is 1. The summed E-state index contributed by atoms with van der Waals surface area (Å²) in [6, 6.07) is 12.0. The minimum atomic E-state index is -0.733. The molecule has 2 aromatic carbocycles. The average molecular weight is 493 g/mol. The smallest absolute Gasteiger partial charge is 0.295 e. The van der Waals surface area contributed by atoms with Crippen molar-refractivity contribution in [2.75, 3.05) is 39.4 Å². The third kappa shape index (κ3) is 5.32. The van der Waals surface area contributed by atoms with E-state index in [0.29, 0.717) is 26.2 Å². The van der Waals surface area contributed by atoms with Crippen LogP contribution in [0.15, 0.2) is 48.0 Å². The van der Waals surface area contributed by atoms with Crippen molar-refractivity contribution in [1.82, 2.24) is 9.80 Å². The number of aliphatic hydroxyl groups excluding tert-OH is 1. The standard InChI is InChI=1S/C29H36N2O5/c1-19-6-11-23(32)22(18-19)26(33)24-25(20-7-9-21(10-8-20)29(2,3)4)31(28(35)27(24)34)13-5-12-30-14-16-36-17-15-30/h6-11,18,25,32-33H,5,12-17H2,1-4H3/t25-/m0/s1. The van der Waals surface area contributed by atoms with E-state index >= 15 is 0 Å². The van der Waals surface area contributed by atoms with Gasteiger partial charge in [-0.15, -0.1) is 0 Å². The molecule has 0 aromatic heterocycles. The number of hydrogen-bond donors (Lipinski definition) is 2. The number of carbonyl (C=O) groups excluding carboxylic acids is 2. The Labute approximate surface area is 213 Å². The largest absolute Gasteiger partial charge is 0.507 e. The number of benzene rings is 2. The van der Waals surface area contributed by atoms with Gasteiger partial charge in [0.25, 0.3) is 11.7 Å². The van der Waals surface area contributed by atoms with E-state index in [2.05, 4.69) is 25.7 Å². The number of carbonyl (C=O) groups is 2. The van der Waals surface area contributed by atoms with E-state index in [1.807, 2.05) is 31.2 Å². The summed E-state index contributed by atoms with van der Waals surface area (Å²) in [7, 11) is 0. The van der Waals surface area contributed by atoms with Crippen molar-refractivity contribution in [3.63, 3.8) is 0 Å². The molecule has 2 heterocycles. The monoisotopic (exact) mass is 492 g/mol. The van der Waals surface area contributed by atoms with Gasteiger partial charge in [0.2, 0.25) is 0 Å². The molecule has 4 rings (SSSR count). The summed E-state index contributed by atoms with van der Waals surface area (Å²) in [6.07, 6.45) is 0.694. The van der Waals surface area contributed by atoms with Crippen molar-refractivity contribution in [3.8, 4) is 5.75 Å². The highest BCUT2D eigenvalue weighted by molar-refractivity contribution is 6.46. The SMILES string of the molecule is Cc1ccc(O)c(C(O)=C2C(=O)C(=O)N(CCCN3CCOCC3)[C@H]2c2ccc(C(C)(C)C)cc2)c1. The summed E-state index contributed by atoms with van der Waals surface area (Å²) >= 11 is 0. The third-order valence-electron chi connectivity index (χ3n) is 7.02. The molecule has 2 N–H and O–H groups in total. The van der Waals surface area contributed by atoms with E-state index in [9.17, 15) is 19.8 Å². The van der Waals surface area contributed by atoms with Gasteiger partial charge in [0, 0.05) is 26.2 Å². The molecule has 0 bridgehead atoms. The van der Waals surface area contributed by atoms with Gasteiger partial charge in [0.1, 0.15) is 11.5 Å². The highest BCUT2D eigenvalue weighted by Gasteiger charge is 2.46. The van der Waals surface area contributed by atoms with Crippen molar-refractivity contribution < 1.29 is 24.5 Å². The number of aryl methyl sites for hydroxylation is 1. The number of phenols is 1. The second-order valence-corrected chi connectivity index (χ2v) is 10.7. The molecule has 2 saturated heterocycles. The lowest BCUT2D eigenvalue weighted by Crippen LogP contribution is -2.39. The molecule has 1 amide bonds. The second-order valence-electron chi connectivity index (χ2n) is 10.7. The fourth-order valence-corrected chi connectivity index (χ4v) is 4.90. The Kier molecular flexibility index (Phi) is 7.52. The second kappa shape index (κ2) is 10.4. The number of rotatable bonds is 6. The Balaban J connectivity index is 1.72. The predicted molar refractivity (Wildman–Crippen MR) is 139 cm³/mol. The summed E-state index contributed by atoms with van der Waals surface area (Å²) in [5.41, 5.74) is 2.81. The number of likely N-dealkylation sites (tertiary alicyclic amines) is 1. The zero-order chi connectivity index (χ0) is 26.0. The summed E-state index contributed by atoms with van der Waals surface area (Å²) in [4.78, 5) is 30.4. The summed E-state index contributed by atoms with van der Waals surface area (Å²) in [6.45, 7) is 12.5. The molecule has 2 fully saturated rings. The third-order valence-corrected chi connectivity index (χ3v) is 7.02. The first-order valence-electron chi connectivity index (χ1n) is 12.6. The minimum absolute atomic E-state index is 0.00998. The van der Waals surface area contributed by atoms with E-state index < -0.39 is 17.7 Å². The molecule has 192 valence electrons. The lowest BCUT2D eigenvalue weighted by molar-refractivity contribution is -0.140. The van der Waals surface area contributed by atoms with Crippen LogP contribution < -0.4 is 0 Å². The van der Waals surface area contributed by atoms with E-state index in [1.165, 1.54) is 6.07 Å². The van der Waals surface area contributed by atoms with E-state index in [4.69, 9.17) is 4.74 Å². The number of aliphatic hydroxyl groups is 1. The van der Waals surface area contributed by atoms with Crippen molar-refractivity contribution in [3.05, 3.63) is 70.3 Å². The maximum absolute atomic E-state index is 13.3. The Morgan fingerprint density at radius 1 is 1.03 bits per heavy atom. The first-order chi connectivity index (χ1) is 17.1. The van der Waals surface area contributed by atoms with Crippen LogP contribution in [0.3, 0.4) is 0 Å². The zero-order valence-corrected chi connectivity index (χ0v) is 21.6. The summed E-state index contributed by atoms with van der Waals surface area (Å²) in [5, 5.41) is 21.7. The van der Waals surface area contributed by atoms with Crippen LogP contribution in [0.25, 0.3) is 5.76 Å². The number of ketones is 1. The molecule has 2 aromatic rings. The van der Waals surface area contributed by atoms with Crippen LogP contribution >= 0.6 is 0 Å². The van der Waals surface area contributed by atoms with Gasteiger partial charge in [-0.05, 0) is 42.0 Å². The Bertz CT molecular complexity index is 1160. The maximum atomic E-state index is 13.3. The van der Waals surface area contributed by atoms with Gasteiger partial charge >= 0.3 is 0 Å². The van der Waals surface area contributed by atoms with Gasteiger partial charge in [-0.2, -0.15) is 0 Å². The molecule has 0 radical (unpaired) electrons. The molecule has 7 nitrogen and oxygen atoms in total. The minimum Gasteiger partial charge on any atom is -0.507 e. The van der Waals surface area contributed by atoms with Crippen LogP contribution in [-0.4, -0.2) is 71.1 Å². The Morgan fingerprint density at radius 2 is 1.69 bits per heavy atom. The number of aromatic hydroxyl groups is 1. The summed E-state index contributed by atoms with van der Waals surface area (Å²) in [5.74, 6) is -1.85. The number of nitrogens with zero attached hydrogens (tertiary/aromatic N) is 2. The van der Waals surface area contributed by atoms with Crippen LogP contribution in [-0.2, 0) is 19.7 Å². The molecule has 2 aliphatic heterocycles. The van der Waals surface area contributed by atoms with Gasteiger partial charge in [0.05, 0.1) is 30.4 Å². The van der Waals surface area contributed by atoms with Crippen molar-refractivity contribution in [2.45, 2.75) is 45.6 Å². The van der Waals surface area contributed by atoms with E-state index in [1.54, 1.807) is 17.0 Å². The molecule has 7 heteroatoms. The topological polar surface area (TPSA) is 90.3 Å². The lowest BCUT2D eigenvalue weighted by Gasteiger charge is -2.29. The first-order valence-corrected chi connectivity index (χ1v) is 12.6. The molecule has 1 atom stereocenters. The maximum Gasteiger partial charge on any atom is 0.295 e. The fraction of sp³-hybridized carbons (Fsp3) is 0.448. The highest BCUT2D eigenvalue weighted by atomic mass is 16.5. The first kappa shape index (κ1) is 25.9. The lowest BCUT2D eigenvalue weighted by atomic mass is 9.85. The van der Waals surface area contributed by atoms with Gasteiger partial charge in [-0.3, -0.25) is 14.5 Å². The number of morpholine rings is 1. The van der Waals surface area contributed by atoms with Gasteiger partial charge in [0.15, 0.2) is 0 Å². The van der Waals surface area contributed by atoms with Gasteiger partial charge < -0.3 is 19.8 Å². The van der Waals surface area contributed by atoms with Crippen molar-refractivity contribution in [1.29, 1.82) is 0 Å². The number of Topliss-reactive ketones (excluding diaryl/α,β-unsaturated/α-hetero) is 1. The van der Waals surface area contributed by atoms with Crippen LogP contribution in [0, 0.1) is 6.92 Å². The zero-order valence-electron chi connectivity index (χ0n) is 21.6. The van der Waals surface area contributed by atoms with Crippen LogP contribution in [0.5, 0.6) is 5.75 Å². The summed E-state index contributed by atoms with van der Waals surface area (Å²) < 4.78 is 5.41. The molecule has 0 aliphatic carbocycles. The van der Waals surface area contributed by atoms with E-state index in [-0.39, 0.29) is 28.1 Å². The number of phenolic OH excluding ortho intramolecular Hbond substituents is 1.